The van der Waals surface area contributed by atoms with Crippen LogP contribution < -0.4 is 11.1 Å². The molecule has 1 atom stereocenters. The maximum atomic E-state index is 11.9. The summed E-state index contributed by atoms with van der Waals surface area (Å²) in [6.07, 6.45) is 0.698. The van der Waals surface area contributed by atoms with E-state index in [0.717, 1.165) is 5.56 Å². The van der Waals surface area contributed by atoms with Crippen LogP contribution in [0.25, 0.3) is 0 Å². The molecule has 0 aliphatic rings. The molecule has 4 N–H and O–H groups in total. The molecule has 0 saturated carbocycles. The van der Waals surface area contributed by atoms with Gasteiger partial charge in [0.2, 0.25) is 0 Å². The highest BCUT2D eigenvalue weighted by atomic mass is 16.3. The van der Waals surface area contributed by atoms with Gasteiger partial charge in [-0.3, -0.25) is 4.79 Å². The molecule has 1 amide bonds. The lowest BCUT2D eigenvalue weighted by atomic mass is 10.1. The number of benzene rings is 1. The van der Waals surface area contributed by atoms with Crippen LogP contribution in [0.15, 0.2) is 18.2 Å². The Balaban J connectivity index is 2.83. The number of aliphatic hydroxyl groups excluding tert-OH is 1. The summed E-state index contributed by atoms with van der Waals surface area (Å²) < 4.78 is 0. The van der Waals surface area contributed by atoms with Gasteiger partial charge in [-0.2, -0.15) is 0 Å². The minimum absolute atomic E-state index is 0.0520. The zero-order valence-corrected chi connectivity index (χ0v) is 9.66. The Kier molecular flexibility index (Phi) is 4.31. The normalized spacial score (nSPS) is 12.2. The van der Waals surface area contributed by atoms with Crippen LogP contribution in [-0.4, -0.2) is 23.7 Å². The van der Waals surface area contributed by atoms with Crippen LogP contribution in [0, 0.1) is 6.92 Å². The highest BCUT2D eigenvalue weighted by Crippen LogP contribution is 2.12. The van der Waals surface area contributed by atoms with Gasteiger partial charge in [0.25, 0.3) is 5.91 Å². The molecular formula is C12H18N2O2. The van der Waals surface area contributed by atoms with E-state index in [9.17, 15) is 4.79 Å². The smallest absolute Gasteiger partial charge is 0.251 e. The van der Waals surface area contributed by atoms with Crippen molar-refractivity contribution in [3.05, 3.63) is 29.3 Å². The minimum Gasteiger partial charge on any atom is -0.399 e. The van der Waals surface area contributed by atoms with Crippen LogP contribution in [0.3, 0.4) is 0 Å². The first-order valence-corrected chi connectivity index (χ1v) is 5.36. The molecule has 0 heterocycles. The van der Waals surface area contributed by atoms with E-state index in [2.05, 4.69) is 5.32 Å². The van der Waals surface area contributed by atoms with Crippen molar-refractivity contribution in [2.75, 3.05) is 12.3 Å². The Hall–Kier alpha value is -1.55. The van der Waals surface area contributed by atoms with Gasteiger partial charge in [-0.1, -0.05) is 13.0 Å². The summed E-state index contributed by atoms with van der Waals surface area (Å²) in [5.41, 5.74) is 7.63. The number of nitrogen functional groups attached to an aromatic ring is 1. The summed E-state index contributed by atoms with van der Waals surface area (Å²) in [7, 11) is 0. The second-order valence-corrected chi connectivity index (χ2v) is 3.84. The number of carbonyl (C=O) groups is 1. The number of nitrogens with two attached hydrogens (primary N) is 1. The van der Waals surface area contributed by atoms with E-state index in [1.807, 2.05) is 19.9 Å². The Morgan fingerprint density at radius 1 is 1.56 bits per heavy atom. The number of carbonyl (C=O) groups excluding carboxylic acids is 1. The standard InChI is InChI=1S/C12H18N2O2/c1-3-10(7-15)14-12(16)11-6-9(13)5-4-8(11)2/h4-6,10,15H,3,7,13H2,1-2H3,(H,14,16). The third kappa shape index (κ3) is 2.97. The molecule has 0 saturated heterocycles. The zero-order chi connectivity index (χ0) is 12.1. The van der Waals surface area contributed by atoms with Crippen molar-refractivity contribution in [1.29, 1.82) is 0 Å². The molecule has 4 nitrogen and oxygen atoms in total. The van der Waals surface area contributed by atoms with Crippen molar-refractivity contribution in [3.8, 4) is 0 Å². The monoisotopic (exact) mass is 222 g/mol. The fourth-order valence-corrected chi connectivity index (χ4v) is 1.42. The van der Waals surface area contributed by atoms with Crippen LogP contribution in [0.5, 0.6) is 0 Å². The predicted molar refractivity (Wildman–Crippen MR) is 64.2 cm³/mol. The maximum Gasteiger partial charge on any atom is 0.251 e. The quantitative estimate of drug-likeness (QED) is 0.667. The lowest BCUT2D eigenvalue weighted by molar-refractivity contribution is 0.0914. The number of amides is 1. The number of nitrogens with one attached hydrogen (secondary N) is 1. The number of aryl methyl sites for hydroxylation is 1. The lowest BCUT2D eigenvalue weighted by Crippen LogP contribution is -2.37. The highest BCUT2D eigenvalue weighted by Gasteiger charge is 2.13. The average molecular weight is 222 g/mol. The van der Waals surface area contributed by atoms with Gasteiger partial charge in [0.1, 0.15) is 0 Å². The Bertz CT molecular complexity index is 373. The molecule has 4 heteroatoms. The molecule has 0 bridgehead atoms. The molecule has 16 heavy (non-hydrogen) atoms. The zero-order valence-electron chi connectivity index (χ0n) is 9.66. The van der Waals surface area contributed by atoms with Gasteiger partial charge in [0, 0.05) is 11.3 Å². The molecule has 1 aromatic rings. The summed E-state index contributed by atoms with van der Waals surface area (Å²) >= 11 is 0. The molecule has 1 unspecified atom stereocenters. The van der Waals surface area contributed by atoms with E-state index >= 15 is 0 Å². The van der Waals surface area contributed by atoms with Crippen molar-refractivity contribution < 1.29 is 9.90 Å². The summed E-state index contributed by atoms with van der Waals surface area (Å²) in [5.74, 6) is -0.189. The Morgan fingerprint density at radius 2 is 2.25 bits per heavy atom. The number of aliphatic hydroxyl groups is 1. The van der Waals surface area contributed by atoms with Crippen LogP contribution >= 0.6 is 0 Å². The molecule has 1 aromatic carbocycles. The van der Waals surface area contributed by atoms with Crippen LogP contribution in [0.1, 0.15) is 29.3 Å². The molecule has 0 aliphatic heterocycles. The molecule has 88 valence electrons. The first kappa shape index (κ1) is 12.5. The number of rotatable bonds is 4. The van der Waals surface area contributed by atoms with Gasteiger partial charge in [-0.05, 0) is 31.0 Å². The third-order valence-electron chi connectivity index (χ3n) is 2.55. The van der Waals surface area contributed by atoms with Crippen LogP contribution in [0.4, 0.5) is 5.69 Å². The lowest BCUT2D eigenvalue weighted by Gasteiger charge is -2.15. The van der Waals surface area contributed by atoms with E-state index in [1.165, 1.54) is 0 Å². The van der Waals surface area contributed by atoms with Gasteiger partial charge >= 0.3 is 0 Å². The maximum absolute atomic E-state index is 11.9. The van der Waals surface area contributed by atoms with Crippen LogP contribution in [-0.2, 0) is 0 Å². The Morgan fingerprint density at radius 3 is 2.81 bits per heavy atom. The molecule has 0 radical (unpaired) electrons. The van der Waals surface area contributed by atoms with Gasteiger partial charge < -0.3 is 16.2 Å². The highest BCUT2D eigenvalue weighted by molar-refractivity contribution is 5.96. The predicted octanol–water partition coefficient (Wildman–Crippen LogP) is 1.08. The van der Waals surface area contributed by atoms with Crippen molar-refractivity contribution in [2.24, 2.45) is 0 Å². The van der Waals surface area contributed by atoms with Crippen molar-refractivity contribution >= 4 is 11.6 Å². The van der Waals surface area contributed by atoms with E-state index in [0.29, 0.717) is 17.7 Å². The summed E-state index contributed by atoms with van der Waals surface area (Å²) in [4.78, 5) is 11.9. The van der Waals surface area contributed by atoms with Gasteiger partial charge in [-0.15, -0.1) is 0 Å². The summed E-state index contributed by atoms with van der Waals surface area (Å²) in [5, 5.41) is 11.8. The summed E-state index contributed by atoms with van der Waals surface area (Å²) in [6.45, 7) is 3.71. The van der Waals surface area contributed by atoms with E-state index in [-0.39, 0.29) is 18.6 Å². The fourth-order valence-electron chi connectivity index (χ4n) is 1.42. The van der Waals surface area contributed by atoms with Gasteiger partial charge in [0.15, 0.2) is 0 Å². The second kappa shape index (κ2) is 5.51. The SMILES string of the molecule is CCC(CO)NC(=O)c1cc(N)ccc1C. The minimum atomic E-state index is -0.201. The summed E-state index contributed by atoms with van der Waals surface area (Å²) in [6, 6.07) is 5.02. The largest absolute Gasteiger partial charge is 0.399 e. The topological polar surface area (TPSA) is 75.3 Å². The van der Waals surface area contributed by atoms with Crippen LogP contribution in [0.2, 0.25) is 0 Å². The number of anilines is 1. The molecule has 0 aliphatic carbocycles. The van der Waals surface area contributed by atoms with Crippen molar-refractivity contribution in [2.45, 2.75) is 26.3 Å². The fraction of sp³-hybridized carbons (Fsp3) is 0.417. The van der Waals surface area contributed by atoms with Crippen molar-refractivity contribution in [1.82, 2.24) is 5.32 Å². The van der Waals surface area contributed by atoms with E-state index in [4.69, 9.17) is 10.8 Å². The van der Waals surface area contributed by atoms with E-state index in [1.54, 1.807) is 12.1 Å². The molecule has 0 fully saturated rings. The van der Waals surface area contributed by atoms with Crippen molar-refractivity contribution in [3.63, 3.8) is 0 Å². The van der Waals surface area contributed by atoms with E-state index < -0.39 is 0 Å². The van der Waals surface area contributed by atoms with Gasteiger partial charge in [-0.25, -0.2) is 0 Å². The number of hydrogen-bond acceptors (Lipinski definition) is 3. The first-order chi connectivity index (χ1) is 7.58. The second-order valence-electron chi connectivity index (χ2n) is 3.84. The number of hydrogen-bond donors (Lipinski definition) is 3. The Labute approximate surface area is 95.5 Å². The average Bonchev–Trinajstić information content (AvgIpc) is 2.28. The van der Waals surface area contributed by atoms with Gasteiger partial charge in [0.05, 0.1) is 12.6 Å². The third-order valence-corrected chi connectivity index (χ3v) is 2.55. The molecular weight excluding hydrogens is 204 g/mol. The molecule has 1 rings (SSSR count). The molecule has 0 spiro atoms. The molecule has 0 aromatic heterocycles. The first-order valence-electron chi connectivity index (χ1n) is 5.36.